The number of aliphatic hydroxyl groups is 3. The van der Waals surface area contributed by atoms with Crippen LogP contribution in [0.3, 0.4) is 0 Å². The maximum absolute atomic E-state index is 9.86. The molecule has 0 heterocycles. The van der Waals surface area contributed by atoms with Gasteiger partial charge in [0.15, 0.2) is 0 Å². The van der Waals surface area contributed by atoms with Gasteiger partial charge in [0, 0.05) is 0 Å². The maximum Gasteiger partial charge on any atom is 0.0980 e. The molecule has 3 N–H and O–H groups in total. The van der Waals surface area contributed by atoms with Crippen molar-refractivity contribution in [1.82, 2.24) is 0 Å². The molecule has 0 aromatic carbocycles. The van der Waals surface area contributed by atoms with E-state index in [0.29, 0.717) is 6.42 Å². The van der Waals surface area contributed by atoms with Crippen LogP contribution in [0.15, 0.2) is 12.2 Å². The lowest BCUT2D eigenvalue weighted by Gasteiger charge is -2.15. The summed E-state index contributed by atoms with van der Waals surface area (Å²) in [6, 6.07) is 0. The van der Waals surface area contributed by atoms with E-state index in [2.05, 4.69) is 13.8 Å². The minimum Gasteiger partial charge on any atom is -0.390 e. The molecule has 3 unspecified atom stereocenters. The van der Waals surface area contributed by atoms with Gasteiger partial charge in [-0.2, -0.15) is 0 Å². The zero-order chi connectivity index (χ0) is 15.9. The molecule has 0 spiro atoms. The van der Waals surface area contributed by atoms with E-state index in [-0.39, 0.29) is 0 Å². The third kappa shape index (κ3) is 13.0. The van der Waals surface area contributed by atoms with Gasteiger partial charge in [0.05, 0.1) is 18.3 Å². The van der Waals surface area contributed by atoms with Gasteiger partial charge in [0.1, 0.15) is 0 Å². The van der Waals surface area contributed by atoms with Crippen molar-refractivity contribution in [2.45, 2.75) is 103 Å². The van der Waals surface area contributed by atoms with Crippen molar-refractivity contribution in [2.24, 2.45) is 0 Å². The average molecular weight is 300 g/mol. The molecule has 0 aromatic rings. The van der Waals surface area contributed by atoms with Gasteiger partial charge < -0.3 is 15.3 Å². The first kappa shape index (κ1) is 20.6. The molecule has 0 aliphatic heterocycles. The second-order valence-corrected chi connectivity index (χ2v) is 6.06. The number of hydrogen-bond acceptors (Lipinski definition) is 3. The first-order chi connectivity index (χ1) is 10.1. The third-order valence-electron chi connectivity index (χ3n) is 3.88. The standard InChI is InChI=1S/C18H36O3/c1-3-5-7-8-9-11-13-17(20)18(21)15-14-16(19)12-10-6-4-2/h14-21H,3-13H2,1-2H3. The fourth-order valence-corrected chi connectivity index (χ4v) is 2.37. The third-order valence-corrected chi connectivity index (χ3v) is 3.88. The minimum absolute atomic E-state index is 0.507. The van der Waals surface area contributed by atoms with Crippen molar-refractivity contribution in [1.29, 1.82) is 0 Å². The van der Waals surface area contributed by atoms with Crippen LogP contribution >= 0.6 is 0 Å². The second-order valence-electron chi connectivity index (χ2n) is 6.06. The Morgan fingerprint density at radius 1 is 0.667 bits per heavy atom. The molecule has 0 aromatic heterocycles. The minimum atomic E-state index is -0.860. The average Bonchev–Trinajstić information content (AvgIpc) is 2.48. The Morgan fingerprint density at radius 3 is 1.86 bits per heavy atom. The summed E-state index contributed by atoms with van der Waals surface area (Å²) < 4.78 is 0. The summed E-state index contributed by atoms with van der Waals surface area (Å²) in [5.74, 6) is 0. The van der Waals surface area contributed by atoms with Crippen LogP contribution in [0.1, 0.15) is 84.5 Å². The molecule has 0 aliphatic rings. The fraction of sp³-hybridized carbons (Fsp3) is 0.889. The highest BCUT2D eigenvalue weighted by molar-refractivity contribution is 4.96. The summed E-state index contributed by atoms with van der Waals surface area (Å²) >= 11 is 0. The highest BCUT2D eigenvalue weighted by Gasteiger charge is 2.13. The summed E-state index contributed by atoms with van der Waals surface area (Å²) in [5.41, 5.74) is 0. The molecule has 0 saturated heterocycles. The number of aliphatic hydroxyl groups excluding tert-OH is 3. The van der Waals surface area contributed by atoms with Crippen molar-refractivity contribution >= 4 is 0 Å². The molecular weight excluding hydrogens is 264 g/mol. The molecule has 3 nitrogen and oxygen atoms in total. The first-order valence-electron chi connectivity index (χ1n) is 8.84. The summed E-state index contributed by atoms with van der Waals surface area (Å²) in [4.78, 5) is 0. The molecule has 3 atom stereocenters. The van der Waals surface area contributed by atoms with E-state index in [1.807, 2.05) is 0 Å². The Morgan fingerprint density at radius 2 is 1.19 bits per heavy atom. The smallest absolute Gasteiger partial charge is 0.0980 e. The van der Waals surface area contributed by atoms with Crippen molar-refractivity contribution in [3.05, 3.63) is 12.2 Å². The van der Waals surface area contributed by atoms with Crippen LogP contribution < -0.4 is 0 Å². The zero-order valence-electron chi connectivity index (χ0n) is 14.0. The summed E-state index contributed by atoms with van der Waals surface area (Å²) in [6.45, 7) is 4.33. The molecule has 0 fully saturated rings. The molecule has 0 bridgehead atoms. The van der Waals surface area contributed by atoms with Gasteiger partial charge in [0.2, 0.25) is 0 Å². The van der Waals surface area contributed by atoms with E-state index in [0.717, 1.165) is 38.5 Å². The predicted octanol–water partition coefficient (Wildman–Crippen LogP) is 3.96. The van der Waals surface area contributed by atoms with E-state index in [4.69, 9.17) is 0 Å². The van der Waals surface area contributed by atoms with Crippen LogP contribution in [0, 0.1) is 0 Å². The van der Waals surface area contributed by atoms with Crippen LogP contribution in [0.5, 0.6) is 0 Å². The summed E-state index contributed by atoms with van der Waals surface area (Å²) in [5, 5.41) is 29.4. The van der Waals surface area contributed by atoms with E-state index in [1.165, 1.54) is 25.7 Å². The quantitative estimate of drug-likeness (QED) is 0.336. The van der Waals surface area contributed by atoms with Crippen molar-refractivity contribution in [2.75, 3.05) is 0 Å². The molecule has 0 aliphatic carbocycles. The predicted molar refractivity (Wildman–Crippen MR) is 89.3 cm³/mol. The normalized spacial score (nSPS) is 16.2. The number of hydrogen-bond donors (Lipinski definition) is 3. The van der Waals surface area contributed by atoms with Crippen molar-refractivity contribution in [3.63, 3.8) is 0 Å². The largest absolute Gasteiger partial charge is 0.390 e. The molecule has 0 amide bonds. The van der Waals surface area contributed by atoms with Crippen LogP contribution in [0.4, 0.5) is 0 Å². The van der Waals surface area contributed by atoms with Crippen LogP contribution in [0.25, 0.3) is 0 Å². The SMILES string of the molecule is CCCCCCCCC(O)C(O)C=CC(O)CCCCC. The highest BCUT2D eigenvalue weighted by Crippen LogP contribution is 2.12. The van der Waals surface area contributed by atoms with Gasteiger partial charge in [-0.1, -0.05) is 83.8 Å². The lowest BCUT2D eigenvalue weighted by Crippen LogP contribution is -2.24. The second kappa shape index (κ2) is 14.6. The molecule has 0 saturated carbocycles. The summed E-state index contributed by atoms with van der Waals surface area (Å²) in [6.07, 6.45) is 12.8. The van der Waals surface area contributed by atoms with E-state index < -0.39 is 18.3 Å². The monoisotopic (exact) mass is 300 g/mol. The summed E-state index contributed by atoms with van der Waals surface area (Å²) in [7, 11) is 0. The van der Waals surface area contributed by atoms with E-state index in [1.54, 1.807) is 12.2 Å². The Labute approximate surface area is 131 Å². The van der Waals surface area contributed by atoms with Gasteiger partial charge in [0.25, 0.3) is 0 Å². The first-order valence-corrected chi connectivity index (χ1v) is 8.84. The van der Waals surface area contributed by atoms with Gasteiger partial charge in [-0.15, -0.1) is 0 Å². The Bertz CT molecular complexity index is 241. The molecule has 21 heavy (non-hydrogen) atoms. The zero-order valence-corrected chi connectivity index (χ0v) is 14.0. The Balaban J connectivity index is 3.70. The van der Waals surface area contributed by atoms with Gasteiger partial charge in [-0.3, -0.25) is 0 Å². The topological polar surface area (TPSA) is 60.7 Å². The number of unbranched alkanes of at least 4 members (excludes halogenated alkanes) is 7. The van der Waals surface area contributed by atoms with E-state index >= 15 is 0 Å². The van der Waals surface area contributed by atoms with E-state index in [9.17, 15) is 15.3 Å². The highest BCUT2D eigenvalue weighted by atomic mass is 16.3. The lowest BCUT2D eigenvalue weighted by atomic mass is 10.0. The molecule has 126 valence electrons. The van der Waals surface area contributed by atoms with Crippen LogP contribution in [-0.2, 0) is 0 Å². The fourth-order valence-electron chi connectivity index (χ4n) is 2.37. The Kier molecular flexibility index (Phi) is 14.3. The van der Waals surface area contributed by atoms with Gasteiger partial charge in [-0.05, 0) is 12.8 Å². The van der Waals surface area contributed by atoms with Crippen LogP contribution in [-0.4, -0.2) is 33.6 Å². The lowest BCUT2D eigenvalue weighted by molar-refractivity contribution is 0.0407. The van der Waals surface area contributed by atoms with Gasteiger partial charge in [-0.25, -0.2) is 0 Å². The van der Waals surface area contributed by atoms with Crippen molar-refractivity contribution in [3.8, 4) is 0 Å². The maximum atomic E-state index is 9.86. The Hall–Kier alpha value is -0.380. The van der Waals surface area contributed by atoms with Crippen molar-refractivity contribution < 1.29 is 15.3 Å². The van der Waals surface area contributed by atoms with Crippen LogP contribution in [0.2, 0.25) is 0 Å². The molecule has 3 heteroatoms. The van der Waals surface area contributed by atoms with Gasteiger partial charge >= 0.3 is 0 Å². The molecular formula is C18H36O3. The molecule has 0 radical (unpaired) electrons. The molecule has 0 rings (SSSR count). The number of rotatable bonds is 14.